The molecule has 0 atom stereocenters. The summed E-state index contributed by atoms with van der Waals surface area (Å²) in [6, 6.07) is 17.5. The van der Waals surface area contributed by atoms with Crippen molar-refractivity contribution in [1.29, 1.82) is 0 Å². The average Bonchev–Trinajstić information content (AvgIpc) is 3.25. The quantitative estimate of drug-likeness (QED) is 0.432. The second kappa shape index (κ2) is 6.79. The van der Waals surface area contributed by atoms with E-state index in [4.69, 9.17) is 32.6 Å². The van der Waals surface area contributed by atoms with Gasteiger partial charge in [-0.1, -0.05) is 41.4 Å². The number of benzene rings is 2. The van der Waals surface area contributed by atoms with Gasteiger partial charge in [0.05, 0.1) is 27.3 Å². The SMILES string of the molecule is Clc1ccc(Cn2c(/C=C/c3ccco3)nc3ccccc32)cc1Cl. The molecule has 0 aliphatic carbocycles. The molecule has 0 aliphatic rings. The highest BCUT2D eigenvalue weighted by Gasteiger charge is 2.10. The van der Waals surface area contributed by atoms with Crippen molar-refractivity contribution in [3.63, 3.8) is 0 Å². The van der Waals surface area contributed by atoms with Crippen molar-refractivity contribution in [2.75, 3.05) is 0 Å². The van der Waals surface area contributed by atoms with E-state index in [1.165, 1.54) is 0 Å². The summed E-state index contributed by atoms with van der Waals surface area (Å²) < 4.78 is 7.51. The molecular formula is C20H14Cl2N2O. The predicted octanol–water partition coefficient (Wildman–Crippen LogP) is 6.15. The average molecular weight is 369 g/mol. The molecule has 0 spiro atoms. The number of aromatic nitrogens is 2. The van der Waals surface area contributed by atoms with Crippen molar-refractivity contribution in [3.8, 4) is 0 Å². The van der Waals surface area contributed by atoms with E-state index in [0.717, 1.165) is 28.2 Å². The largest absolute Gasteiger partial charge is 0.465 e. The Morgan fingerprint density at radius 3 is 2.64 bits per heavy atom. The van der Waals surface area contributed by atoms with E-state index >= 15 is 0 Å². The van der Waals surface area contributed by atoms with Gasteiger partial charge < -0.3 is 8.98 Å². The van der Waals surface area contributed by atoms with Gasteiger partial charge in [0, 0.05) is 6.54 Å². The third-order valence-electron chi connectivity index (χ3n) is 3.95. The summed E-state index contributed by atoms with van der Waals surface area (Å²) in [6.45, 7) is 0.648. The molecule has 0 radical (unpaired) electrons. The Labute approximate surface area is 155 Å². The number of hydrogen-bond donors (Lipinski definition) is 0. The highest BCUT2D eigenvalue weighted by Crippen LogP contribution is 2.25. The first-order valence-electron chi connectivity index (χ1n) is 7.81. The summed E-state index contributed by atoms with van der Waals surface area (Å²) in [5.74, 6) is 1.64. The van der Waals surface area contributed by atoms with E-state index in [1.54, 1.807) is 6.26 Å². The molecule has 2 aromatic carbocycles. The van der Waals surface area contributed by atoms with Gasteiger partial charge in [0.2, 0.25) is 0 Å². The number of imidazole rings is 1. The van der Waals surface area contributed by atoms with E-state index in [0.29, 0.717) is 16.6 Å². The molecule has 4 aromatic rings. The standard InChI is InChI=1S/C20H14Cl2N2O/c21-16-9-7-14(12-17(16)22)13-24-19-6-2-1-5-18(19)23-20(24)10-8-15-4-3-11-25-15/h1-12H,13H2/b10-8+. The molecule has 0 N–H and O–H groups in total. The number of para-hydroxylation sites is 2. The van der Waals surface area contributed by atoms with Gasteiger partial charge in [0.15, 0.2) is 0 Å². The zero-order chi connectivity index (χ0) is 17.2. The van der Waals surface area contributed by atoms with Crippen molar-refractivity contribution in [2.24, 2.45) is 0 Å². The molecule has 3 nitrogen and oxygen atoms in total. The van der Waals surface area contributed by atoms with Gasteiger partial charge in [0.25, 0.3) is 0 Å². The number of halogens is 2. The maximum absolute atomic E-state index is 6.16. The minimum Gasteiger partial charge on any atom is -0.465 e. The zero-order valence-electron chi connectivity index (χ0n) is 13.2. The lowest BCUT2D eigenvalue weighted by molar-refractivity contribution is 0.557. The summed E-state index contributed by atoms with van der Waals surface area (Å²) >= 11 is 12.2. The molecule has 4 rings (SSSR count). The Morgan fingerprint density at radius 2 is 1.84 bits per heavy atom. The molecule has 2 aromatic heterocycles. The molecule has 0 bridgehead atoms. The van der Waals surface area contributed by atoms with Crippen LogP contribution in [0.4, 0.5) is 0 Å². The lowest BCUT2D eigenvalue weighted by atomic mass is 10.2. The van der Waals surface area contributed by atoms with Crippen LogP contribution in [0.25, 0.3) is 23.2 Å². The first-order valence-corrected chi connectivity index (χ1v) is 8.57. The molecule has 2 heterocycles. The summed E-state index contributed by atoms with van der Waals surface area (Å²) in [4.78, 5) is 4.72. The maximum atomic E-state index is 6.16. The van der Waals surface area contributed by atoms with Crippen LogP contribution < -0.4 is 0 Å². The Kier molecular flexibility index (Phi) is 4.35. The maximum Gasteiger partial charge on any atom is 0.134 e. The number of fused-ring (bicyclic) bond motifs is 1. The van der Waals surface area contributed by atoms with Crippen LogP contribution in [0.1, 0.15) is 17.1 Å². The highest BCUT2D eigenvalue weighted by atomic mass is 35.5. The van der Waals surface area contributed by atoms with Crippen molar-refractivity contribution in [3.05, 3.63) is 88.1 Å². The van der Waals surface area contributed by atoms with Crippen molar-refractivity contribution in [1.82, 2.24) is 9.55 Å². The van der Waals surface area contributed by atoms with E-state index in [2.05, 4.69) is 10.6 Å². The van der Waals surface area contributed by atoms with Crippen LogP contribution in [0.5, 0.6) is 0 Å². The fourth-order valence-electron chi connectivity index (χ4n) is 2.75. The van der Waals surface area contributed by atoms with Crippen molar-refractivity contribution < 1.29 is 4.42 Å². The van der Waals surface area contributed by atoms with Crippen LogP contribution in [-0.2, 0) is 6.54 Å². The fraction of sp³-hybridized carbons (Fsp3) is 0.0500. The second-order valence-electron chi connectivity index (χ2n) is 5.64. The molecule has 0 saturated carbocycles. The molecular weight excluding hydrogens is 355 g/mol. The highest BCUT2D eigenvalue weighted by molar-refractivity contribution is 6.42. The summed E-state index contributed by atoms with van der Waals surface area (Å²) in [7, 11) is 0. The van der Waals surface area contributed by atoms with Gasteiger partial charge in [-0.3, -0.25) is 0 Å². The topological polar surface area (TPSA) is 31.0 Å². The lowest BCUT2D eigenvalue weighted by Gasteiger charge is -2.08. The zero-order valence-corrected chi connectivity index (χ0v) is 14.7. The second-order valence-corrected chi connectivity index (χ2v) is 6.46. The summed E-state index contributed by atoms with van der Waals surface area (Å²) in [5, 5.41) is 1.11. The summed E-state index contributed by atoms with van der Waals surface area (Å²) in [5.41, 5.74) is 3.07. The van der Waals surface area contributed by atoms with E-state index < -0.39 is 0 Å². The van der Waals surface area contributed by atoms with Crippen LogP contribution in [0.3, 0.4) is 0 Å². The molecule has 0 fully saturated rings. The Balaban J connectivity index is 1.77. The van der Waals surface area contributed by atoms with E-state index in [9.17, 15) is 0 Å². The van der Waals surface area contributed by atoms with E-state index in [-0.39, 0.29) is 0 Å². The molecule has 0 unspecified atom stereocenters. The van der Waals surface area contributed by atoms with Crippen molar-refractivity contribution in [2.45, 2.75) is 6.54 Å². The third kappa shape index (κ3) is 3.34. The Bertz CT molecular complexity index is 1050. The minimum absolute atomic E-state index is 0.552. The number of furan rings is 1. The number of hydrogen-bond acceptors (Lipinski definition) is 2. The number of nitrogens with zero attached hydrogens (tertiary/aromatic N) is 2. The fourth-order valence-corrected chi connectivity index (χ4v) is 3.07. The third-order valence-corrected chi connectivity index (χ3v) is 4.69. The van der Waals surface area contributed by atoms with Crippen LogP contribution >= 0.6 is 23.2 Å². The Morgan fingerprint density at radius 1 is 0.960 bits per heavy atom. The Hall–Kier alpha value is -2.49. The first kappa shape index (κ1) is 16.0. The normalized spacial score (nSPS) is 11.6. The number of rotatable bonds is 4. The molecule has 25 heavy (non-hydrogen) atoms. The van der Waals surface area contributed by atoms with Gasteiger partial charge in [-0.25, -0.2) is 4.98 Å². The van der Waals surface area contributed by atoms with Gasteiger partial charge in [-0.15, -0.1) is 0 Å². The monoisotopic (exact) mass is 368 g/mol. The lowest BCUT2D eigenvalue weighted by Crippen LogP contribution is -2.02. The summed E-state index contributed by atoms with van der Waals surface area (Å²) in [6.07, 6.45) is 5.52. The smallest absolute Gasteiger partial charge is 0.134 e. The van der Waals surface area contributed by atoms with E-state index in [1.807, 2.05) is 60.7 Å². The first-order chi connectivity index (χ1) is 12.2. The predicted molar refractivity (Wildman–Crippen MR) is 103 cm³/mol. The van der Waals surface area contributed by atoms with Crippen LogP contribution in [0.15, 0.2) is 65.3 Å². The van der Waals surface area contributed by atoms with Gasteiger partial charge in [0.1, 0.15) is 11.6 Å². The molecule has 5 heteroatoms. The van der Waals surface area contributed by atoms with Crippen molar-refractivity contribution >= 4 is 46.4 Å². The molecule has 0 aliphatic heterocycles. The van der Waals surface area contributed by atoms with Crippen LogP contribution in [0.2, 0.25) is 10.0 Å². The van der Waals surface area contributed by atoms with Crippen LogP contribution in [-0.4, -0.2) is 9.55 Å². The minimum atomic E-state index is 0.552. The molecule has 124 valence electrons. The molecule has 0 amide bonds. The van der Waals surface area contributed by atoms with Gasteiger partial charge >= 0.3 is 0 Å². The van der Waals surface area contributed by atoms with Gasteiger partial charge in [-0.05, 0) is 54.1 Å². The van der Waals surface area contributed by atoms with Gasteiger partial charge in [-0.2, -0.15) is 0 Å². The van der Waals surface area contributed by atoms with Crippen LogP contribution in [0, 0.1) is 0 Å². The molecule has 0 saturated heterocycles.